The lowest BCUT2D eigenvalue weighted by atomic mass is 10.3. The zero-order valence-electron chi connectivity index (χ0n) is 14.7. The van der Waals surface area contributed by atoms with Gasteiger partial charge in [-0.1, -0.05) is 18.3 Å². The minimum absolute atomic E-state index is 0.0431. The number of benzene rings is 2. The molecule has 3 aromatic rings. The second-order valence-electron chi connectivity index (χ2n) is 5.65. The van der Waals surface area contributed by atoms with E-state index in [0.29, 0.717) is 17.4 Å². The molecule has 0 spiro atoms. The van der Waals surface area contributed by atoms with Gasteiger partial charge in [0.2, 0.25) is 5.91 Å². The molecule has 7 heteroatoms. The summed E-state index contributed by atoms with van der Waals surface area (Å²) in [7, 11) is 0. The summed E-state index contributed by atoms with van der Waals surface area (Å²) in [6, 6.07) is 13.3. The molecule has 2 aromatic carbocycles. The lowest BCUT2D eigenvalue weighted by molar-refractivity contribution is -0.115. The van der Waals surface area contributed by atoms with Crippen LogP contribution < -0.4 is 15.8 Å². The maximum Gasteiger partial charge on any atom is 0.239 e. The maximum atomic E-state index is 12.6. The quantitative estimate of drug-likeness (QED) is 0.450. The molecule has 1 amide bonds. The molecule has 0 saturated carbocycles. The van der Waals surface area contributed by atoms with Gasteiger partial charge in [0.15, 0.2) is 5.13 Å². The van der Waals surface area contributed by atoms with Gasteiger partial charge in [0.25, 0.3) is 0 Å². The lowest BCUT2D eigenvalue weighted by Crippen LogP contribution is -2.24. The average molecular weight is 388 g/mol. The summed E-state index contributed by atoms with van der Waals surface area (Å²) in [6.45, 7) is 4.57. The molecule has 5 nitrogen and oxygen atoms in total. The van der Waals surface area contributed by atoms with Gasteiger partial charge >= 0.3 is 0 Å². The van der Waals surface area contributed by atoms with Crippen LogP contribution in [0.1, 0.15) is 20.3 Å². The van der Waals surface area contributed by atoms with Crippen molar-refractivity contribution in [2.75, 3.05) is 17.7 Å². The van der Waals surface area contributed by atoms with Crippen molar-refractivity contribution in [1.82, 2.24) is 4.98 Å². The van der Waals surface area contributed by atoms with Crippen molar-refractivity contribution >= 4 is 50.0 Å². The molecule has 1 aromatic heterocycles. The topological polar surface area (TPSA) is 77.2 Å². The third-order valence-corrected chi connectivity index (χ3v) is 6.03. The molecule has 0 saturated heterocycles. The number of carbonyl (C=O) groups excluding carboxylic acids is 1. The molecule has 3 N–H and O–H groups in total. The molecule has 26 heavy (non-hydrogen) atoms. The Morgan fingerprint density at radius 1 is 1.27 bits per heavy atom. The van der Waals surface area contributed by atoms with Crippen LogP contribution in [0.5, 0.6) is 5.75 Å². The van der Waals surface area contributed by atoms with Crippen LogP contribution in [0.15, 0.2) is 47.4 Å². The van der Waals surface area contributed by atoms with Crippen molar-refractivity contribution in [3.8, 4) is 5.75 Å². The number of amides is 1. The molecular weight excluding hydrogens is 366 g/mol. The highest BCUT2D eigenvalue weighted by molar-refractivity contribution is 8.00. The zero-order chi connectivity index (χ0) is 18.5. The van der Waals surface area contributed by atoms with E-state index in [1.54, 1.807) is 0 Å². The molecule has 0 fully saturated rings. The van der Waals surface area contributed by atoms with Crippen molar-refractivity contribution in [3.63, 3.8) is 0 Å². The van der Waals surface area contributed by atoms with Gasteiger partial charge in [-0.25, -0.2) is 4.98 Å². The van der Waals surface area contributed by atoms with Crippen LogP contribution in [-0.4, -0.2) is 22.7 Å². The van der Waals surface area contributed by atoms with E-state index in [1.165, 1.54) is 23.1 Å². The maximum absolute atomic E-state index is 12.6. The summed E-state index contributed by atoms with van der Waals surface area (Å²) < 4.78 is 6.51. The molecule has 1 unspecified atom stereocenters. The molecule has 1 atom stereocenters. The summed E-state index contributed by atoms with van der Waals surface area (Å²) in [5.41, 5.74) is 7.28. The third kappa shape index (κ3) is 4.47. The van der Waals surface area contributed by atoms with Gasteiger partial charge in [0.05, 0.1) is 22.1 Å². The van der Waals surface area contributed by atoms with E-state index in [9.17, 15) is 4.79 Å². The Morgan fingerprint density at radius 3 is 2.73 bits per heavy atom. The Bertz CT molecular complexity index is 893. The molecule has 1 heterocycles. The Kier molecular flexibility index (Phi) is 6.00. The summed E-state index contributed by atoms with van der Waals surface area (Å²) in [5, 5.41) is 3.36. The van der Waals surface area contributed by atoms with E-state index in [2.05, 4.69) is 10.3 Å². The highest BCUT2D eigenvalue weighted by Gasteiger charge is 2.19. The van der Waals surface area contributed by atoms with Gasteiger partial charge in [-0.2, -0.15) is 0 Å². The van der Waals surface area contributed by atoms with Gasteiger partial charge in [0.1, 0.15) is 5.75 Å². The molecule has 3 rings (SSSR count). The van der Waals surface area contributed by atoms with Crippen LogP contribution in [-0.2, 0) is 4.79 Å². The van der Waals surface area contributed by atoms with E-state index in [4.69, 9.17) is 10.5 Å². The van der Waals surface area contributed by atoms with Crippen molar-refractivity contribution in [2.45, 2.75) is 30.4 Å². The number of anilines is 2. The number of ether oxygens (including phenoxy) is 1. The van der Waals surface area contributed by atoms with Crippen LogP contribution in [0.25, 0.3) is 10.2 Å². The smallest absolute Gasteiger partial charge is 0.239 e. The van der Waals surface area contributed by atoms with Gasteiger partial charge in [0, 0.05) is 10.6 Å². The predicted octanol–water partition coefficient (Wildman–Crippen LogP) is 4.79. The standard InChI is InChI=1S/C19H21N3O2S2/c1-3-16(25-14-8-5-12(20)6-9-14)18(23)22-19-21-15-10-7-13(24-4-2)11-17(15)26-19/h5-11,16H,3-4,20H2,1-2H3,(H,21,22,23). The number of nitrogens with two attached hydrogens (primary N) is 1. The highest BCUT2D eigenvalue weighted by Crippen LogP contribution is 2.31. The monoisotopic (exact) mass is 387 g/mol. The second-order valence-corrected chi connectivity index (χ2v) is 7.96. The fourth-order valence-electron chi connectivity index (χ4n) is 2.43. The number of nitrogens with zero attached hydrogens (tertiary/aromatic N) is 1. The number of thioether (sulfide) groups is 1. The van der Waals surface area contributed by atoms with E-state index < -0.39 is 0 Å². The lowest BCUT2D eigenvalue weighted by Gasteiger charge is -2.13. The summed E-state index contributed by atoms with van der Waals surface area (Å²) in [6.07, 6.45) is 0.722. The first-order chi connectivity index (χ1) is 12.6. The van der Waals surface area contributed by atoms with Crippen molar-refractivity contribution < 1.29 is 9.53 Å². The first kappa shape index (κ1) is 18.5. The zero-order valence-corrected chi connectivity index (χ0v) is 16.3. The van der Waals surface area contributed by atoms with Gasteiger partial charge < -0.3 is 15.8 Å². The average Bonchev–Trinajstić information content (AvgIpc) is 3.02. The third-order valence-electron chi connectivity index (χ3n) is 3.72. The molecule has 0 radical (unpaired) electrons. The largest absolute Gasteiger partial charge is 0.494 e. The second kappa shape index (κ2) is 8.42. The molecule has 0 aliphatic rings. The Labute approximate surface area is 161 Å². The van der Waals surface area contributed by atoms with Crippen LogP contribution in [0.3, 0.4) is 0 Å². The number of aromatic nitrogens is 1. The van der Waals surface area contributed by atoms with Gasteiger partial charge in [-0.3, -0.25) is 4.79 Å². The fourth-order valence-corrected chi connectivity index (χ4v) is 4.29. The first-order valence-corrected chi connectivity index (χ1v) is 10.1. The van der Waals surface area contributed by atoms with E-state index in [-0.39, 0.29) is 11.2 Å². The Hall–Kier alpha value is -2.25. The number of carbonyl (C=O) groups is 1. The normalized spacial score (nSPS) is 12.1. The molecule has 0 bridgehead atoms. The fraction of sp³-hybridized carbons (Fsp3) is 0.263. The van der Waals surface area contributed by atoms with E-state index in [0.717, 1.165) is 27.3 Å². The Balaban J connectivity index is 1.70. The predicted molar refractivity (Wildman–Crippen MR) is 110 cm³/mol. The number of rotatable bonds is 7. The molecule has 0 aliphatic carbocycles. The van der Waals surface area contributed by atoms with Crippen LogP contribution in [0.4, 0.5) is 10.8 Å². The van der Waals surface area contributed by atoms with Crippen molar-refractivity contribution in [2.24, 2.45) is 0 Å². The number of hydrogen-bond acceptors (Lipinski definition) is 6. The minimum atomic E-state index is -0.190. The molecule has 0 aliphatic heterocycles. The summed E-state index contributed by atoms with van der Waals surface area (Å²) in [4.78, 5) is 18.2. The SMILES string of the molecule is CCOc1ccc2nc(NC(=O)C(CC)Sc3ccc(N)cc3)sc2c1. The van der Waals surface area contributed by atoms with Crippen LogP contribution in [0.2, 0.25) is 0 Å². The van der Waals surface area contributed by atoms with Crippen LogP contribution in [0, 0.1) is 0 Å². The summed E-state index contributed by atoms with van der Waals surface area (Å²) in [5.74, 6) is 0.769. The van der Waals surface area contributed by atoms with Crippen LogP contribution >= 0.6 is 23.1 Å². The first-order valence-electron chi connectivity index (χ1n) is 8.45. The minimum Gasteiger partial charge on any atom is -0.494 e. The van der Waals surface area contributed by atoms with Gasteiger partial charge in [-0.05, 0) is 55.8 Å². The summed E-state index contributed by atoms with van der Waals surface area (Å²) >= 11 is 2.98. The van der Waals surface area contributed by atoms with E-state index in [1.807, 2.05) is 56.3 Å². The number of nitrogen functional groups attached to an aromatic ring is 1. The van der Waals surface area contributed by atoms with Crippen molar-refractivity contribution in [3.05, 3.63) is 42.5 Å². The van der Waals surface area contributed by atoms with Crippen molar-refractivity contribution in [1.29, 1.82) is 0 Å². The number of nitrogens with one attached hydrogen (secondary N) is 1. The molecular formula is C19H21N3O2S2. The number of hydrogen-bond donors (Lipinski definition) is 2. The highest BCUT2D eigenvalue weighted by atomic mass is 32.2. The number of thiazole rings is 1. The van der Waals surface area contributed by atoms with Gasteiger partial charge in [-0.15, -0.1) is 11.8 Å². The number of fused-ring (bicyclic) bond motifs is 1. The molecule has 136 valence electrons. The van der Waals surface area contributed by atoms with E-state index >= 15 is 0 Å². The Morgan fingerprint density at radius 2 is 2.04 bits per heavy atom.